The van der Waals surface area contributed by atoms with E-state index in [4.69, 9.17) is 5.73 Å². The summed E-state index contributed by atoms with van der Waals surface area (Å²) in [6.45, 7) is 5.60. The average Bonchev–Trinajstić information content (AvgIpc) is 3.04. The molecule has 0 bridgehead atoms. The molecule has 0 aromatic carbocycles. The van der Waals surface area contributed by atoms with Gasteiger partial charge in [-0.2, -0.15) is 0 Å². The van der Waals surface area contributed by atoms with Crippen LogP contribution in [0.15, 0.2) is 37.1 Å². The molecule has 0 spiro atoms. The molecule has 0 radical (unpaired) electrons. The molecule has 1 atom stereocenters. The van der Waals surface area contributed by atoms with Crippen molar-refractivity contribution in [2.45, 2.75) is 26.3 Å². The molecule has 1 amide bonds. The van der Waals surface area contributed by atoms with Gasteiger partial charge in [0.15, 0.2) is 0 Å². The summed E-state index contributed by atoms with van der Waals surface area (Å²) in [5.41, 5.74) is 6.68. The van der Waals surface area contributed by atoms with Crippen LogP contribution in [0.1, 0.15) is 30.6 Å². The van der Waals surface area contributed by atoms with Gasteiger partial charge in [-0.25, -0.2) is 9.97 Å². The zero-order valence-electron chi connectivity index (χ0n) is 12.9. The minimum Gasteiger partial charge on any atom is -0.338 e. The van der Waals surface area contributed by atoms with Gasteiger partial charge >= 0.3 is 0 Å². The van der Waals surface area contributed by atoms with Crippen molar-refractivity contribution in [1.29, 1.82) is 0 Å². The second-order valence-corrected chi connectivity index (χ2v) is 6.49. The van der Waals surface area contributed by atoms with Crippen molar-refractivity contribution in [3.8, 4) is 5.82 Å². The molecule has 2 aromatic rings. The molecule has 2 aromatic heterocycles. The van der Waals surface area contributed by atoms with Crippen molar-refractivity contribution < 1.29 is 4.79 Å². The molecule has 0 aliphatic carbocycles. The molecule has 6 nitrogen and oxygen atoms in total. The van der Waals surface area contributed by atoms with Crippen molar-refractivity contribution in [2.75, 3.05) is 13.1 Å². The monoisotopic (exact) mass is 299 g/mol. The van der Waals surface area contributed by atoms with Gasteiger partial charge in [0.05, 0.1) is 5.56 Å². The highest BCUT2D eigenvalue weighted by Crippen LogP contribution is 2.28. The quantitative estimate of drug-likeness (QED) is 0.911. The molecular weight excluding hydrogens is 278 g/mol. The van der Waals surface area contributed by atoms with E-state index in [2.05, 4.69) is 23.8 Å². The number of rotatable bonds is 2. The first-order chi connectivity index (χ1) is 10.5. The van der Waals surface area contributed by atoms with Crippen LogP contribution >= 0.6 is 0 Å². The minimum absolute atomic E-state index is 0.0182. The van der Waals surface area contributed by atoms with Crippen LogP contribution in [0.4, 0.5) is 0 Å². The number of hydrogen-bond donors (Lipinski definition) is 1. The highest BCUT2D eigenvalue weighted by atomic mass is 16.2. The summed E-state index contributed by atoms with van der Waals surface area (Å²) in [6, 6.07) is 3.78. The lowest BCUT2D eigenvalue weighted by molar-refractivity contribution is 0.0532. The molecule has 1 fully saturated rings. The molecule has 0 saturated carbocycles. The Morgan fingerprint density at radius 2 is 2.23 bits per heavy atom. The normalized spacial score (nSPS) is 20.9. The third-order valence-corrected chi connectivity index (χ3v) is 4.36. The summed E-state index contributed by atoms with van der Waals surface area (Å²) in [7, 11) is 0. The predicted octanol–water partition coefficient (Wildman–Crippen LogP) is 1.47. The number of likely N-dealkylation sites (tertiary alicyclic amines) is 1. The second-order valence-electron chi connectivity index (χ2n) is 6.49. The molecule has 6 heteroatoms. The Hall–Kier alpha value is -2.21. The molecular formula is C16H21N5O. The van der Waals surface area contributed by atoms with Gasteiger partial charge in [-0.15, -0.1) is 0 Å². The smallest absolute Gasteiger partial charge is 0.255 e. The van der Waals surface area contributed by atoms with Gasteiger partial charge in [0, 0.05) is 37.7 Å². The minimum atomic E-state index is -0.0575. The van der Waals surface area contributed by atoms with E-state index in [0.717, 1.165) is 12.2 Å². The van der Waals surface area contributed by atoms with Crippen molar-refractivity contribution in [2.24, 2.45) is 11.1 Å². The van der Waals surface area contributed by atoms with Gasteiger partial charge in [0.1, 0.15) is 12.1 Å². The first kappa shape index (κ1) is 14.7. The third kappa shape index (κ3) is 2.74. The Morgan fingerprint density at radius 1 is 1.41 bits per heavy atom. The Balaban J connectivity index is 1.75. The Bertz CT molecular complexity index is 648. The number of hydrogen-bond acceptors (Lipinski definition) is 4. The van der Waals surface area contributed by atoms with Crippen LogP contribution in [-0.2, 0) is 0 Å². The summed E-state index contributed by atoms with van der Waals surface area (Å²) in [5.74, 6) is 0.764. The summed E-state index contributed by atoms with van der Waals surface area (Å²) in [6.07, 6.45) is 7.65. The zero-order chi connectivity index (χ0) is 15.7. The van der Waals surface area contributed by atoms with E-state index in [1.165, 1.54) is 0 Å². The van der Waals surface area contributed by atoms with Crippen molar-refractivity contribution in [1.82, 2.24) is 19.4 Å². The maximum atomic E-state index is 12.6. The van der Waals surface area contributed by atoms with Gasteiger partial charge in [0.25, 0.3) is 5.91 Å². The molecule has 1 aliphatic rings. The van der Waals surface area contributed by atoms with Crippen molar-refractivity contribution in [3.63, 3.8) is 0 Å². The fourth-order valence-electron chi connectivity index (χ4n) is 2.79. The predicted molar refractivity (Wildman–Crippen MR) is 83.6 cm³/mol. The summed E-state index contributed by atoms with van der Waals surface area (Å²) >= 11 is 0. The van der Waals surface area contributed by atoms with Crippen LogP contribution in [0.3, 0.4) is 0 Å². The Kier molecular flexibility index (Phi) is 3.70. The molecule has 2 N–H and O–H groups in total. The van der Waals surface area contributed by atoms with Crippen molar-refractivity contribution >= 4 is 5.91 Å². The first-order valence-corrected chi connectivity index (χ1v) is 7.46. The standard InChI is InChI=1S/C16H21N5O/c1-16(2)10-20(7-5-13(16)17)15(22)12-3-4-14(19-9-12)21-8-6-18-11-21/h3-4,6,8-9,11,13H,5,7,10,17H2,1-2H3. The summed E-state index contributed by atoms with van der Waals surface area (Å²) in [4.78, 5) is 22.8. The van der Waals surface area contributed by atoms with Crippen LogP contribution < -0.4 is 5.73 Å². The van der Waals surface area contributed by atoms with Gasteiger partial charge in [0.2, 0.25) is 0 Å². The van der Waals surface area contributed by atoms with Crippen LogP contribution in [0.2, 0.25) is 0 Å². The number of nitrogens with zero attached hydrogens (tertiary/aromatic N) is 4. The number of carbonyl (C=O) groups excluding carboxylic acids is 1. The molecule has 1 aliphatic heterocycles. The second kappa shape index (κ2) is 5.53. The topological polar surface area (TPSA) is 77.0 Å². The number of imidazole rings is 1. The van der Waals surface area contributed by atoms with E-state index in [0.29, 0.717) is 18.7 Å². The fraction of sp³-hybridized carbons (Fsp3) is 0.438. The SMILES string of the molecule is CC1(C)CN(C(=O)c2ccc(-n3ccnc3)nc2)CCC1N. The highest BCUT2D eigenvalue weighted by molar-refractivity contribution is 5.94. The first-order valence-electron chi connectivity index (χ1n) is 7.46. The zero-order valence-corrected chi connectivity index (χ0v) is 12.9. The number of piperidine rings is 1. The number of aromatic nitrogens is 3. The van der Waals surface area contributed by atoms with E-state index in [9.17, 15) is 4.79 Å². The maximum Gasteiger partial charge on any atom is 0.255 e. The lowest BCUT2D eigenvalue weighted by Crippen LogP contribution is -2.54. The lowest BCUT2D eigenvalue weighted by Gasteiger charge is -2.42. The van der Waals surface area contributed by atoms with Crippen LogP contribution in [0.25, 0.3) is 5.82 Å². The number of pyridine rings is 1. The Morgan fingerprint density at radius 3 is 2.82 bits per heavy atom. The maximum absolute atomic E-state index is 12.6. The largest absolute Gasteiger partial charge is 0.338 e. The molecule has 22 heavy (non-hydrogen) atoms. The summed E-state index contributed by atoms with van der Waals surface area (Å²) < 4.78 is 1.80. The van der Waals surface area contributed by atoms with Crippen molar-refractivity contribution in [3.05, 3.63) is 42.6 Å². The van der Waals surface area contributed by atoms with E-state index in [1.54, 1.807) is 23.3 Å². The summed E-state index contributed by atoms with van der Waals surface area (Å²) in [5, 5.41) is 0. The van der Waals surface area contributed by atoms with Gasteiger partial charge in [-0.1, -0.05) is 13.8 Å². The number of carbonyl (C=O) groups is 1. The third-order valence-electron chi connectivity index (χ3n) is 4.36. The average molecular weight is 299 g/mol. The number of nitrogens with two attached hydrogens (primary N) is 1. The highest BCUT2D eigenvalue weighted by Gasteiger charge is 2.35. The Labute approximate surface area is 130 Å². The van der Waals surface area contributed by atoms with E-state index >= 15 is 0 Å². The van der Waals surface area contributed by atoms with Crippen LogP contribution in [0, 0.1) is 5.41 Å². The van der Waals surface area contributed by atoms with Gasteiger partial charge in [-0.05, 0) is 24.0 Å². The van der Waals surface area contributed by atoms with Gasteiger partial charge in [-0.3, -0.25) is 9.36 Å². The lowest BCUT2D eigenvalue weighted by atomic mass is 9.79. The van der Waals surface area contributed by atoms with Crippen LogP contribution in [0.5, 0.6) is 0 Å². The molecule has 116 valence electrons. The van der Waals surface area contributed by atoms with E-state index < -0.39 is 0 Å². The molecule has 3 heterocycles. The molecule has 3 rings (SSSR count). The van der Waals surface area contributed by atoms with E-state index in [-0.39, 0.29) is 17.4 Å². The number of amides is 1. The molecule has 1 unspecified atom stereocenters. The van der Waals surface area contributed by atoms with Crippen LogP contribution in [-0.4, -0.2) is 44.5 Å². The molecule has 1 saturated heterocycles. The van der Waals surface area contributed by atoms with E-state index in [1.807, 2.05) is 23.2 Å². The fourth-order valence-corrected chi connectivity index (χ4v) is 2.79. The van der Waals surface area contributed by atoms with Gasteiger partial charge < -0.3 is 10.6 Å².